The lowest BCUT2D eigenvalue weighted by Gasteiger charge is -2.36. The average Bonchev–Trinajstić information content (AvgIpc) is 2.49. The van der Waals surface area contributed by atoms with E-state index in [0.29, 0.717) is 9.22 Å². The minimum absolute atomic E-state index is 0.0683. The molecule has 0 amide bonds. The zero-order valence-corrected chi connectivity index (χ0v) is 15.4. The second kappa shape index (κ2) is 7.18. The van der Waals surface area contributed by atoms with E-state index in [-0.39, 0.29) is 11.6 Å². The molecule has 0 aliphatic heterocycles. The van der Waals surface area contributed by atoms with Gasteiger partial charge in [-0.25, -0.2) is 4.68 Å². The Morgan fingerprint density at radius 2 is 2.10 bits per heavy atom. The van der Waals surface area contributed by atoms with E-state index in [1.807, 2.05) is 25.6 Å². The third-order valence-corrected chi connectivity index (χ3v) is 6.42. The highest BCUT2D eigenvalue weighted by molar-refractivity contribution is 9.10. The van der Waals surface area contributed by atoms with Crippen molar-refractivity contribution in [3.05, 3.63) is 21.0 Å². The van der Waals surface area contributed by atoms with Crippen molar-refractivity contribution in [3.63, 3.8) is 0 Å². The summed E-state index contributed by atoms with van der Waals surface area (Å²) in [6.45, 7) is 4.80. The van der Waals surface area contributed by atoms with E-state index in [1.165, 1.54) is 36.8 Å². The van der Waals surface area contributed by atoms with Gasteiger partial charge in [0, 0.05) is 11.3 Å². The fourth-order valence-corrected chi connectivity index (χ4v) is 4.18. The largest absolute Gasteiger partial charge is 0.381 e. The first-order valence-electron chi connectivity index (χ1n) is 7.55. The molecule has 0 atom stereocenters. The highest BCUT2D eigenvalue weighted by Gasteiger charge is 2.31. The quantitative estimate of drug-likeness (QED) is 0.844. The van der Waals surface area contributed by atoms with Crippen molar-refractivity contribution >= 4 is 33.4 Å². The molecule has 0 unspecified atom stereocenters. The van der Waals surface area contributed by atoms with Crippen LogP contribution in [0.25, 0.3) is 0 Å². The Bertz CT molecular complexity index is 538. The maximum absolute atomic E-state index is 12.2. The summed E-state index contributed by atoms with van der Waals surface area (Å²) in [4.78, 5) is 12.2. The molecule has 1 aliphatic carbocycles. The van der Waals surface area contributed by atoms with Crippen LogP contribution in [-0.4, -0.2) is 27.3 Å². The molecule has 2 rings (SSSR count). The van der Waals surface area contributed by atoms with E-state index in [0.717, 1.165) is 12.2 Å². The first kappa shape index (κ1) is 16.9. The molecular formula is C15H24BrN3OS. The van der Waals surface area contributed by atoms with E-state index in [2.05, 4.69) is 32.6 Å². The highest BCUT2D eigenvalue weighted by Crippen LogP contribution is 2.38. The minimum Gasteiger partial charge on any atom is -0.381 e. The molecule has 1 aromatic heterocycles. The zero-order chi connectivity index (χ0) is 15.5. The molecule has 4 nitrogen and oxygen atoms in total. The van der Waals surface area contributed by atoms with Crippen molar-refractivity contribution in [1.82, 2.24) is 9.78 Å². The number of halogens is 1. The molecule has 1 heterocycles. The Hall–Kier alpha value is -0.490. The molecule has 1 N–H and O–H groups in total. The van der Waals surface area contributed by atoms with Gasteiger partial charge >= 0.3 is 0 Å². The van der Waals surface area contributed by atoms with Crippen LogP contribution in [0.3, 0.4) is 0 Å². The first-order valence-corrected chi connectivity index (χ1v) is 9.57. The second-order valence-corrected chi connectivity index (χ2v) is 8.08. The average molecular weight is 374 g/mol. The van der Waals surface area contributed by atoms with E-state index >= 15 is 0 Å². The van der Waals surface area contributed by atoms with Crippen LogP contribution in [0.1, 0.15) is 52.0 Å². The Kier molecular flexibility index (Phi) is 5.77. The van der Waals surface area contributed by atoms with E-state index in [4.69, 9.17) is 0 Å². The van der Waals surface area contributed by atoms with Gasteiger partial charge in [0.2, 0.25) is 0 Å². The summed E-state index contributed by atoms with van der Waals surface area (Å²) in [5, 5.41) is 7.69. The van der Waals surface area contributed by atoms with Crippen LogP contribution >= 0.6 is 27.7 Å². The third-order valence-electron chi connectivity index (χ3n) is 4.23. The van der Waals surface area contributed by atoms with Gasteiger partial charge in [0.25, 0.3) is 5.56 Å². The maximum Gasteiger partial charge on any atom is 0.283 e. The van der Waals surface area contributed by atoms with E-state index in [1.54, 1.807) is 6.20 Å². The van der Waals surface area contributed by atoms with Crippen LogP contribution in [0.4, 0.5) is 5.69 Å². The number of hydrogen-bond acceptors (Lipinski definition) is 4. The number of nitrogens with zero attached hydrogens (tertiary/aromatic N) is 2. The zero-order valence-electron chi connectivity index (χ0n) is 13.0. The fourth-order valence-electron chi connectivity index (χ4n) is 2.84. The van der Waals surface area contributed by atoms with Gasteiger partial charge in [-0.15, -0.1) is 0 Å². The van der Waals surface area contributed by atoms with Crippen molar-refractivity contribution in [2.24, 2.45) is 0 Å². The molecule has 1 aromatic rings. The highest BCUT2D eigenvalue weighted by atomic mass is 79.9. The van der Waals surface area contributed by atoms with Gasteiger partial charge < -0.3 is 5.32 Å². The number of nitrogens with one attached hydrogen (secondary N) is 1. The lowest BCUT2D eigenvalue weighted by Crippen LogP contribution is -2.36. The van der Waals surface area contributed by atoms with Crippen LogP contribution in [0.15, 0.2) is 15.5 Å². The molecule has 1 aliphatic rings. The van der Waals surface area contributed by atoms with Crippen molar-refractivity contribution in [1.29, 1.82) is 0 Å². The predicted molar refractivity (Wildman–Crippen MR) is 94.4 cm³/mol. The Balaban J connectivity index is 2.13. The normalized spacial score (nSPS) is 18.0. The monoisotopic (exact) mass is 373 g/mol. The summed E-state index contributed by atoms with van der Waals surface area (Å²) in [6.07, 6.45) is 10.4. The van der Waals surface area contributed by atoms with E-state index in [9.17, 15) is 4.79 Å². The molecule has 0 saturated heterocycles. The lowest BCUT2D eigenvalue weighted by atomic mass is 9.88. The van der Waals surface area contributed by atoms with Crippen molar-refractivity contribution in [2.45, 2.75) is 56.7 Å². The Morgan fingerprint density at radius 3 is 2.67 bits per heavy atom. The molecule has 1 fully saturated rings. The fraction of sp³-hybridized carbons (Fsp3) is 0.733. The molecule has 6 heteroatoms. The Morgan fingerprint density at radius 1 is 1.43 bits per heavy atom. The van der Waals surface area contributed by atoms with E-state index < -0.39 is 0 Å². The third kappa shape index (κ3) is 3.83. The second-order valence-electron chi connectivity index (χ2n) is 6.02. The molecule has 21 heavy (non-hydrogen) atoms. The van der Waals surface area contributed by atoms with Gasteiger partial charge in [-0.1, -0.05) is 19.3 Å². The minimum atomic E-state index is -0.0724. The summed E-state index contributed by atoms with van der Waals surface area (Å²) >= 11 is 5.37. The van der Waals surface area contributed by atoms with Gasteiger partial charge in [-0.3, -0.25) is 4.79 Å². The van der Waals surface area contributed by atoms with Crippen LogP contribution in [0.2, 0.25) is 0 Å². The van der Waals surface area contributed by atoms with Crippen LogP contribution in [0.5, 0.6) is 0 Å². The number of hydrogen-bond donors (Lipinski definition) is 1. The first-order chi connectivity index (χ1) is 9.99. The molecule has 0 bridgehead atoms. The van der Waals surface area contributed by atoms with Crippen LogP contribution in [-0.2, 0) is 0 Å². The Labute approximate surface area is 139 Å². The molecule has 0 aromatic carbocycles. The maximum atomic E-state index is 12.2. The molecule has 0 radical (unpaired) electrons. The molecule has 1 saturated carbocycles. The molecule has 0 spiro atoms. The molecule has 118 valence electrons. The standard InChI is InChI=1S/C15H24BrN3OS/c1-11(2)19-14(20)13(16)12(9-18-19)17-10-15(21-3)7-5-4-6-8-15/h9,11,17H,4-8,10H2,1-3H3. The number of thioether (sulfide) groups is 1. The van der Waals surface area contributed by atoms with Gasteiger partial charge in [0.15, 0.2) is 0 Å². The van der Waals surface area contributed by atoms with Crippen molar-refractivity contribution in [3.8, 4) is 0 Å². The van der Waals surface area contributed by atoms with Gasteiger partial charge in [-0.2, -0.15) is 16.9 Å². The summed E-state index contributed by atoms with van der Waals surface area (Å²) in [7, 11) is 0. The van der Waals surface area contributed by atoms with Crippen molar-refractivity contribution < 1.29 is 0 Å². The van der Waals surface area contributed by atoms with Gasteiger partial charge in [0.05, 0.1) is 17.9 Å². The van der Waals surface area contributed by atoms with Crippen LogP contribution < -0.4 is 10.9 Å². The smallest absolute Gasteiger partial charge is 0.283 e. The summed E-state index contributed by atoms with van der Waals surface area (Å²) in [5.74, 6) is 0. The number of rotatable bonds is 5. The SMILES string of the molecule is CSC1(CNc2cnn(C(C)C)c(=O)c2Br)CCCCC1. The van der Waals surface area contributed by atoms with Gasteiger partial charge in [-0.05, 0) is 48.9 Å². The van der Waals surface area contributed by atoms with Crippen LogP contribution in [0, 0.1) is 0 Å². The molecular weight excluding hydrogens is 350 g/mol. The lowest BCUT2D eigenvalue weighted by molar-refractivity contribution is 0.411. The predicted octanol–water partition coefficient (Wildman–Crippen LogP) is 4.06. The summed E-state index contributed by atoms with van der Waals surface area (Å²) < 4.78 is 2.38. The number of anilines is 1. The topological polar surface area (TPSA) is 46.9 Å². The van der Waals surface area contributed by atoms with Gasteiger partial charge in [0.1, 0.15) is 4.47 Å². The summed E-state index contributed by atoms with van der Waals surface area (Å²) in [5.41, 5.74) is 0.729. The summed E-state index contributed by atoms with van der Waals surface area (Å²) in [6, 6.07) is 0.0683. The van der Waals surface area contributed by atoms with Crippen molar-refractivity contribution in [2.75, 3.05) is 18.1 Å². The number of aromatic nitrogens is 2.